The van der Waals surface area contributed by atoms with Crippen molar-refractivity contribution >= 4 is 0 Å². The average Bonchev–Trinajstić information content (AvgIpc) is 1.41. The van der Waals surface area contributed by atoms with E-state index in [0.717, 1.165) is 6.42 Å². The first-order valence-corrected chi connectivity index (χ1v) is 2.21. The van der Waals surface area contributed by atoms with Crippen LogP contribution in [0.4, 0.5) is 0 Å². The van der Waals surface area contributed by atoms with E-state index in [1.807, 2.05) is 0 Å². The first kappa shape index (κ1) is 61.5. The van der Waals surface area contributed by atoms with Crippen molar-refractivity contribution in [3.63, 3.8) is 0 Å². The quantitative estimate of drug-likeness (QED) is 0.627. The Bertz CT molecular complexity index is 17.0. The van der Waals surface area contributed by atoms with Crippen molar-refractivity contribution in [3.8, 4) is 0 Å². The van der Waals surface area contributed by atoms with Gasteiger partial charge in [-0.2, -0.15) is 6.42 Å². The third-order valence-electron chi connectivity index (χ3n) is 0.604. The van der Waals surface area contributed by atoms with Gasteiger partial charge in [-0.1, -0.05) is 42.0 Å². The molecule has 0 aliphatic heterocycles. The SMILES string of the molecule is C.C.C.[CH2-]CCCC.[CH3-].[Ir+3].[NH2-]. The van der Waals surface area contributed by atoms with Crippen LogP contribution >= 0.6 is 0 Å². The second-order valence-corrected chi connectivity index (χ2v) is 1.21. The molecule has 0 saturated heterocycles. The van der Waals surface area contributed by atoms with Crippen LogP contribution in [0.3, 0.4) is 0 Å². The minimum Gasteiger partial charge on any atom is -0.693 e. The Balaban J connectivity index is -0.00000000533. The molecule has 0 radical (unpaired) electrons. The first-order chi connectivity index (χ1) is 2.41. The molecule has 1 nitrogen and oxygen atoms in total. The fourth-order valence-corrected chi connectivity index (χ4v) is 0.250. The summed E-state index contributed by atoms with van der Waals surface area (Å²) < 4.78 is 0. The predicted molar refractivity (Wildman–Crippen MR) is 56.8 cm³/mol. The molecule has 0 aromatic heterocycles. The van der Waals surface area contributed by atoms with Crippen LogP contribution in [0.15, 0.2) is 0 Å². The van der Waals surface area contributed by atoms with E-state index in [-0.39, 0.29) is 56.0 Å². The van der Waals surface area contributed by atoms with Gasteiger partial charge in [0.25, 0.3) is 0 Å². The number of unbranched alkanes of at least 4 members (excludes halogenated alkanes) is 2. The van der Waals surface area contributed by atoms with E-state index in [2.05, 4.69) is 13.8 Å². The van der Waals surface area contributed by atoms with Crippen molar-refractivity contribution in [2.24, 2.45) is 0 Å². The molecule has 0 aromatic carbocycles. The maximum atomic E-state index is 3.68. The number of rotatable bonds is 2. The molecule has 2 heteroatoms. The van der Waals surface area contributed by atoms with Crippen LogP contribution in [0.1, 0.15) is 48.5 Å². The Kier molecular flexibility index (Phi) is 420. The molecule has 0 rings (SSSR count). The molecule has 0 spiro atoms. The molecule has 0 aliphatic carbocycles. The number of nitrogens with two attached hydrogens (primary N) is 1. The summed E-state index contributed by atoms with van der Waals surface area (Å²) in [5, 5.41) is 0. The van der Waals surface area contributed by atoms with Crippen molar-refractivity contribution in [2.75, 3.05) is 0 Å². The van der Waals surface area contributed by atoms with Crippen LogP contribution in [-0.4, -0.2) is 0 Å². The standard InChI is InChI=1S/C5H11.3CH4.CH3.Ir.H2N/c1-3-5-4-2;;;;;;/h1,3-5H2,2H3;3*1H4;1H3;;1H2/q-1;;;;-1;+3;-1. The van der Waals surface area contributed by atoms with Gasteiger partial charge in [-0.15, -0.1) is 0 Å². The van der Waals surface area contributed by atoms with Crippen molar-refractivity contribution < 1.29 is 20.1 Å². The maximum absolute atomic E-state index is 3.68. The van der Waals surface area contributed by atoms with Gasteiger partial charge in [0.2, 0.25) is 0 Å². The molecule has 0 bridgehead atoms. The summed E-state index contributed by atoms with van der Waals surface area (Å²) in [4.78, 5) is 0. The fraction of sp³-hybridized carbons (Fsp3) is 0.778. The van der Waals surface area contributed by atoms with E-state index in [1.54, 1.807) is 0 Å². The second-order valence-electron chi connectivity index (χ2n) is 1.21. The molecular formula is C9H28IrN. The molecule has 0 unspecified atom stereocenters. The summed E-state index contributed by atoms with van der Waals surface area (Å²) in [5.41, 5.74) is 0. The molecule has 0 amide bonds. The van der Waals surface area contributed by atoms with Crippen LogP contribution in [0, 0.1) is 14.4 Å². The summed E-state index contributed by atoms with van der Waals surface area (Å²) in [6.07, 6.45) is 3.65. The van der Waals surface area contributed by atoms with E-state index in [9.17, 15) is 0 Å². The molecule has 78 valence electrons. The Morgan fingerprint density at radius 1 is 1.09 bits per heavy atom. The Morgan fingerprint density at radius 2 is 1.36 bits per heavy atom. The minimum absolute atomic E-state index is 0. The number of hydrogen-bond donors (Lipinski definition) is 0. The third kappa shape index (κ3) is 115. The van der Waals surface area contributed by atoms with Gasteiger partial charge in [0, 0.05) is 0 Å². The van der Waals surface area contributed by atoms with Gasteiger partial charge < -0.3 is 20.5 Å². The Morgan fingerprint density at radius 3 is 1.36 bits per heavy atom. The van der Waals surface area contributed by atoms with E-state index in [4.69, 9.17) is 0 Å². The zero-order valence-electron chi connectivity index (χ0n) is 5.74. The molecule has 11 heavy (non-hydrogen) atoms. The van der Waals surface area contributed by atoms with Crippen molar-refractivity contribution in [3.05, 3.63) is 20.5 Å². The van der Waals surface area contributed by atoms with Gasteiger partial charge in [0.05, 0.1) is 0 Å². The zero-order valence-corrected chi connectivity index (χ0v) is 8.13. The number of hydrogen-bond acceptors (Lipinski definition) is 0. The summed E-state index contributed by atoms with van der Waals surface area (Å²) in [6, 6.07) is 0. The van der Waals surface area contributed by atoms with Gasteiger partial charge in [0.1, 0.15) is 0 Å². The van der Waals surface area contributed by atoms with Gasteiger partial charge in [-0.25, -0.2) is 0 Å². The maximum Gasteiger partial charge on any atom is 3.00 e. The van der Waals surface area contributed by atoms with Crippen LogP contribution in [0.25, 0.3) is 6.15 Å². The summed E-state index contributed by atoms with van der Waals surface area (Å²) in [5.74, 6) is 0. The van der Waals surface area contributed by atoms with Crippen LogP contribution in [0.2, 0.25) is 0 Å². The van der Waals surface area contributed by atoms with Crippen molar-refractivity contribution in [1.82, 2.24) is 0 Å². The van der Waals surface area contributed by atoms with Crippen molar-refractivity contribution in [1.29, 1.82) is 0 Å². The molecule has 2 N–H and O–H groups in total. The molecule has 0 aliphatic rings. The van der Waals surface area contributed by atoms with Gasteiger partial charge in [0.15, 0.2) is 0 Å². The van der Waals surface area contributed by atoms with Gasteiger partial charge >= 0.3 is 20.1 Å². The molecule has 0 aromatic rings. The Hall–Kier alpha value is 0.609. The molecular weight excluding hydrogens is 314 g/mol. The predicted octanol–water partition coefficient (Wildman–Crippen LogP) is 5.08. The smallest absolute Gasteiger partial charge is 0.693 e. The fourth-order valence-electron chi connectivity index (χ4n) is 0.250. The van der Waals surface area contributed by atoms with Crippen LogP contribution < -0.4 is 0 Å². The first-order valence-electron chi connectivity index (χ1n) is 2.21. The summed E-state index contributed by atoms with van der Waals surface area (Å²) >= 11 is 0. The molecule has 0 fully saturated rings. The van der Waals surface area contributed by atoms with E-state index in [0.29, 0.717) is 0 Å². The van der Waals surface area contributed by atoms with Crippen LogP contribution in [-0.2, 0) is 20.1 Å². The van der Waals surface area contributed by atoms with Gasteiger partial charge in [-0.3, -0.25) is 0 Å². The zero-order chi connectivity index (χ0) is 4.12. The molecule has 0 heterocycles. The normalized spacial score (nSPS) is 3.82. The minimum atomic E-state index is 0. The molecule has 0 saturated carbocycles. The monoisotopic (exact) mass is 343 g/mol. The third-order valence-corrected chi connectivity index (χ3v) is 0.604. The van der Waals surface area contributed by atoms with E-state index >= 15 is 0 Å². The topological polar surface area (TPSA) is 33.5 Å². The summed E-state index contributed by atoms with van der Waals surface area (Å²) in [6.45, 7) is 5.85. The molecule has 0 atom stereocenters. The average molecular weight is 343 g/mol. The summed E-state index contributed by atoms with van der Waals surface area (Å²) in [7, 11) is 0. The van der Waals surface area contributed by atoms with Crippen molar-refractivity contribution in [2.45, 2.75) is 48.5 Å². The van der Waals surface area contributed by atoms with Crippen LogP contribution in [0.5, 0.6) is 0 Å². The Labute approximate surface area is 89.3 Å². The van der Waals surface area contributed by atoms with E-state index in [1.165, 1.54) is 12.8 Å². The van der Waals surface area contributed by atoms with E-state index < -0.39 is 0 Å². The second kappa shape index (κ2) is 75.2. The van der Waals surface area contributed by atoms with Gasteiger partial charge in [-0.05, 0) is 0 Å². The largest absolute Gasteiger partial charge is 3.00 e.